The monoisotopic (exact) mass is 239 g/mol. The number of rotatable bonds is 2. The summed E-state index contributed by atoms with van der Waals surface area (Å²) in [5.41, 5.74) is 0.562. The highest BCUT2D eigenvalue weighted by molar-refractivity contribution is 7.91. The van der Waals surface area contributed by atoms with Crippen molar-refractivity contribution in [1.29, 1.82) is 0 Å². The van der Waals surface area contributed by atoms with Gasteiger partial charge in [0, 0.05) is 11.6 Å². The predicted molar refractivity (Wildman–Crippen MR) is 61.0 cm³/mol. The lowest BCUT2D eigenvalue weighted by Crippen LogP contribution is -2.35. The van der Waals surface area contributed by atoms with Crippen molar-refractivity contribution in [2.45, 2.75) is 12.5 Å². The molecule has 1 N–H and O–H groups in total. The molecule has 0 aromatic heterocycles. The van der Waals surface area contributed by atoms with Gasteiger partial charge in [-0.2, -0.15) is 0 Å². The SMILES string of the molecule is O=C(NC1CCS(=O)(=O)C1)c1ccccc1. The molecule has 0 radical (unpaired) electrons. The predicted octanol–water partition coefficient (Wildman–Crippen LogP) is 0.603. The summed E-state index contributed by atoms with van der Waals surface area (Å²) in [5.74, 6) is 0.0286. The van der Waals surface area contributed by atoms with Crippen LogP contribution in [-0.4, -0.2) is 31.9 Å². The molecule has 1 aliphatic heterocycles. The number of nitrogens with one attached hydrogen (secondary N) is 1. The topological polar surface area (TPSA) is 63.2 Å². The van der Waals surface area contributed by atoms with E-state index in [2.05, 4.69) is 5.32 Å². The van der Waals surface area contributed by atoms with Crippen LogP contribution in [0.1, 0.15) is 16.8 Å². The second-order valence-corrected chi connectivity index (χ2v) is 6.17. The van der Waals surface area contributed by atoms with Gasteiger partial charge in [0.1, 0.15) is 0 Å². The lowest BCUT2D eigenvalue weighted by atomic mass is 10.2. The van der Waals surface area contributed by atoms with Crippen LogP contribution in [0.3, 0.4) is 0 Å². The van der Waals surface area contributed by atoms with E-state index < -0.39 is 9.84 Å². The zero-order chi connectivity index (χ0) is 11.6. The molecule has 1 unspecified atom stereocenters. The summed E-state index contributed by atoms with van der Waals surface area (Å²) >= 11 is 0. The van der Waals surface area contributed by atoms with Crippen molar-refractivity contribution in [3.05, 3.63) is 35.9 Å². The van der Waals surface area contributed by atoms with Gasteiger partial charge in [-0.25, -0.2) is 8.42 Å². The van der Waals surface area contributed by atoms with Crippen LogP contribution >= 0.6 is 0 Å². The van der Waals surface area contributed by atoms with Crippen LogP contribution in [0.5, 0.6) is 0 Å². The van der Waals surface area contributed by atoms with E-state index in [9.17, 15) is 13.2 Å². The molecule has 2 rings (SSSR count). The van der Waals surface area contributed by atoms with Crippen LogP contribution in [0.2, 0.25) is 0 Å². The fourth-order valence-corrected chi connectivity index (χ4v) is 3.44. The van der Waals surface area contributed by atoms with Gasteiger partial charge in [0.25, 0.3) is 5.91 Å². The minimum atomic E-state index is -2.94. The quantitative estimate of drug-likeness (QED) is 0.822. The maximum Gasteiger partial charge on any atom is 0.251 e. The highest BCUT2D eigenvalue weighted by Crippen LogP contribution is 2.12. The van der Waals surface area contributed by atoms with Gasteiger partial charge < -0.3 is 5.32 Å². The third-order valence-corrected chi connectivity index (χ3v) is 4.37. The molecule has 5 heteroatoms. The first kappa shape index (κ1) is 11.1. The molecule has 1 aromatic rings. The van der Waals surface area contributed by atoms with E-state index in [1.54, 1.807) is 24.3 Å². The van der Waals surface area contributed by atoms with Crippen molar-refractivity contribution in [1.82, 2.24) is 5.32 Å². The van der Waals surface area contributed by atoms with Gasteiger partial charge in [0.15, 0.2) is 9.84 Å². The largest absolute Gasteiger partial charge is 0.348 e. The number of amides is 1. The Labute approximate surface area is 94.6 Å². The van der Waals surface area contributed by atoms with E-state index in [0.29, 0.717) is 12.0 Å². The first-order chi connectivity index (χ1) is 7.57. The van der Waals surface area contributed by atoms with Gasteiger partial charge in [-0.1, -0.05) is 18.2 Å². The summed E-state index contributed by atoms with van der Waals surface area (Å²) in [4.78, 5) is 11.7. The maximum absolute atomic E-state index is 11.7. The van der Waals surface area contributed by atoms with Crippen molar-refractivity contribution in [2.75, 3.05) is 11.5 Å². The lowest BCUT2D eigenvalue weighted by Gasteiger charge is -2.10. The minimum absolute atomic E-state index is 0.0611. The van der Waals surface area contributed by atoms with Crippen molar-refractivity contribution < 1.29 is 13.2 Å². The first-order valence-electron chi connectivity index (χ1n) is 5.13. The van der Waals surface area contributed by atoms with Crippen LogP contribution in [0.15, 0.2) is 30.3 Å². The molecule has 1 fully saturated rings. The van der Waals surface area contributed by atoms with Crippen LogP contribution in [0.4, 0.5) is 0 Å². The first-order valence-corrected chi connectivity index (χ1v) is 6.95. The number of hydrogen-bond donors (Lipinski definition) is 1. The molecule has 1 saturated heterocycles. The zero-order valence-corrected chi connectivity index (χ0v) is 9.53. The van der Waals surface area contributed by atoms with Gasteiger partial charge in [0.2, 0.25) is 0 Å². The Bertz CT molecular complexity index is 481. The van der Waals surface area contributed by atoms with E-state index in [1.165, 1.54) is 0 Å². The van der Waals surface area contributed by atoms with E-state index in [1.807, 2.05) is 6.07 Å². The second kappa shape index (κ2) is 4.25. The lowest BCUT2D eigenvalue weighted by molar-refractivity contribution is 0.0941. The van der Waals surface area contributed by atoms with Crippen molar-refractivity contribution >= 4 is 15.7 Å². The minimum Gasteiger partial charge on any atom is -0.348 e. The Morgan fingerprint density at radius 3 is 2.50 bits per heavy atom. The average molecular weight is 239 g/mol. The molecule has 86 valence electrons. The van der Waals surface area contributed by atoms with Crippen LogP contribution < -0.4 is 5.32 Å². The molecular formula is C11H13NO3S. The molecular weight excluding hydrogens is 226 g/mol. The van der Waals surface area contributed by atoms with E-state index in [4.69, 9.17) is 0 Å². The summed E-state index contributed by atoms with van der Waals surface area (Å²) in [5, 5.41) is 2.73. The Kier molecular flexibility index (Phi) is 2.96. The molecule has 16 heavy (non-hydrogen) atoms. The van der Waals surface area contributed by atoms with Gasteiger partial charge in [-0.15, -0.1) is 0 Å². The number of sulfone groups is 1. The zero-order valence-electron chi connectivity index (χ0n) is 8.72. The van der Waals surface area contributed by atoms with Crippen molar-refractivity contribution in [3.63, 3.8) is 0 Å². The highest BCUT2D eigenvalue weighted by atomic mass is 32.2. The summed E-state index contributed by atoms with van der Waals surface area (Å²) < 4.78 is 22.4. The summed E-state index contributed by atoms with van der Waals surface area (Å²) in [7, 11) is -2.94. The molecule has 1 aromatic carbocycles. The van der Waals surface area contributed by atoms with Gasteiger partial charge in [-0.3, -0.25) is 4.79 Å². The van der Waals surface area contributed by atoms with Crippen LogP contribution in [0.25, 0.3) is 0 Å². The molecule has 0 spiro atoms. The number of benzene rings is 1. The van der Waals surface area contributed by atoms with Gasteiger partial charge in [0.05, 0.1) is 11.5 Å². The molecule has 1 amide bonds. The smallest absolute Gasteiger partial charge is 0.251 e. The van der Waals surface area contributed by atoms with Gasteiger partial charge in [-0.05, 0) is 18.6 Å². The normalized spacial score (nSPS) is 22.9. The number of carbonyl (C=O) groups excluding carboxylic acids is 1. The fourth-order valence-electron chi connectivity index (χ4n) is 1.77. The van der Waals surface area contributed by atoms with Crippen molar-refractivity contribution in [2.24, 2.45) is 0 Å². The molecule has 0 aliphatic carbocycles. The Hall–Kier alpha value is -1.36. The van der Waals surface area contributed by atoms with Crippen molar-refractivity contribution in [3.8, 4) is 0 Å². The number of carbonyl (C=O) groups is 1. The standard InChI is InChI=1S/C11H13NO3S/c13-11(9-4-2-1-3-5-9)12-10-6-7-16(14,15)8-10/h1-5,10H,6-8H2,(H,12,13). The Morgan fingerprint density at radius 1 is 1.25 bits per heavy atom. The molecule has 1 heterocycles. The van der Waals surface area contributed by atoms with E-state index in [0.717, 1.165) is 0 Å². The third kappa shape index (κ3) is 2.61. The van der Waals surface area contributed by atoms with Crippen LogP contribution in [0, 0.1) is 0 Å². The third-order valence-electron chi connectivity index (χ3n) is 2.60. The fraction of sp³-hybridized carbons (Fsp3) is 0.364. The summed E-state index contributed by atoms with van der Waals surface area (Å²) in [6.07, 6.45) is 0.515. The van der Waals surface area contributed by atoms with E-state index in [-0.39, 0.29) is 23.5 Å². The second-order valence-electron chi connectivity index (χ2n) is 3.94. The van der Waals surface area contributed by atoms with Gasteiger partial charge >= 0.3 is 0 Å². The Balaban J connectivity index is 1.99. The molecule has 1 aliphatic rings. The molecule has 1 atom stereocenters. The molecule has 0 bridgehead atoms. The van der Waals surface area contributed by atoms with Crippen LogP contribution in [-0.2, 0) is 9.84 Å². The number of hydrogen-bond acceptors (Lipinski definition) is 3. The molecule has 0 saturated carbocycles. The maximum atomic E-state index is 11.7. The summed E-state index contributed by atoms with van der Waals surface area (Å²) in [6.45, 7) is 0. The van der Waals surface area contributed by atoms with E-state index >= 15 is 0 Å². The highest BCUT2D eigenvalue weighted by Gasteiger charge is 2.28. The Morgan fingerprint density at radius 2 is 1.94 bits per heavy atom. The molecule has 4 nitrogen and oxygen atoms in total. The average Bonchev–Trinajstić information content (AvgIpc) is 2.59. The summed E-state index contributed by atoms with van der Waals surface area (Å²) in [6, 6.07) is 8.56.